The van der Waals surface area contributed by atoms with Gasteiger partial charge in [-0.1, -0.05) is 18.2 Å². The maximum atomic E-state index is 12.7. The van der Waals surface area contributed by atoms with Crippen LogP contribution in [0.4, 0.5) is 0 Å². The molecule has 0 saturated carbocycles. The van der Waals surface area contributed by atoms with E-state index in [2.05, 4.69) is 26.0 Å². The molecule has 3 aromatic heterocycles. The van der Waals surface area contributed by atoms with Crippen LogP contribution in [-0.4, -0.2) is 36.4 Å². The van der Waals surface area contributed by atoms with Crippen LogP contribution >= 0.6 is 0 Å². The van der Waals surface area contributed by atoms with Crippen LogP contribution < -0.4 is 16.4 Å². The van der Waals surface area contributed by atoms with E-state index in [1.165, 1.54) is 10.9 Å². The zero-order valence-corrected chi connectivity index (χ0v) is 15.9. The van der Waals surface area contributed by atoms with E-state index >= 15 is 0 Å². The number of amides is 2. The summed E-state index contributed by atoms with van der Waals surface area (Å²) < 4.78 is 2.76. The third-order valence-electron chi connectivity index (χ3n) is 4.42. The van der Waals surface area contributed by atoms with Crippen molar-refractivity contribution in [2.45, 2.75) is 13.5 Å². The first kappa shape index (κ1) is 19.0. The van der Waals surface area contributed by atoms with Crippen LogP contribution in [0.15, 0.2) is 65.8 Å². The molecular formula is C20H17N7O3. The highest BCUT2D eigenvalue weighted by atomic mass is 16.2. The number of carbonyl (C=O) groups is 2. The highest BCUT2D eigenvalue weighted by molar-refractivity contribution is 6.06. The van der Waals surface area contributed by atoms with Gasteiger partial charge in [0.2, 0.25) is 0 Å². The number of hydrogen-bond acceptors (Lipinski definition) is 6. The van der Waals surface area contributed by atoms with Crippen molar-refractivity contribution in [3.8, 4) is 5.82 Å². The van der Waals surface area contributed by atoms with Gasteiger partial charge in [-0.2, -0.15) is 10.2 Å². The average Bonchev–Trinajstić information content (AvgIpc) is 3.33. The number of hydrogen-bond donors (Lipinski definition) is 2. The topological polar surface area (TPSA) is 124 Å². The predicted molar refractivity (Wildman–Crippen MR) is 108 cm³/mol. The van der Waals surface area contributed by atoms with Crippen LogP contribution in [0.2, 0.25) is 0 Å². The van der Waals surface area contributed by atoms with Crippen molar-refractivity contribution in [3.05, 3.63) is 82.7 Å². The Morgan fingerprint density at radius 3 is 2.43 bits per heavy atom. The third-order valence-corrected chi connectivity index (χ3v) is 4.42. The minimum Gasteiger partial charge on any atom is -0.267 e. The molecule has 0 bridgehead atoms. The van der Waals surface area contributed by atoms with E-state index in [0.29, 0.717) is 23.1 Å². The second kappa shape index (κ2) is 7.95. The molecule has 0 fully saturated rings. The quantitative estimate of drug-likeness (QED) is 0.491. The lowest BCUT2D eigenvalue weighted by Crippen LogP contribution is -2.42. The highest BCUT2D eigenvalue weighted by Crippen LogP contribution is 2.13. The molecule has 0 aliphatic rings. The van der Waals surface area contributed by atoms with E-state index < -0.39 is 11.8 Å². The third kappa shape index (κ3) is 3.53. The molecule has 150 valence electrons. The second-order valence-electron chi connectivity index (χ2n) is 6.28. The number of benzene rings is 1. The Bertz CT molecular complexity index is 1280. The summed E-state index contributed by atoms with van der Waals surface area (Å²) in [5.41, 5.74) is 4.69. The lowest BCUT2D eigenvalue weighted by molar-refractivity contribution is 0.0843. The molecule has 10 heteroatoms. The maximum Gasteiger partial charge on any atom is 0.290 e. The Kier molecular flexibility index (Phi) is 5.04. The number of rotatable bonds is 4. The summed E-state index contributed by atoms with van der Waals surface area (Å²) in [4.78, 5) is 41.6. The van der Waals surface area contributed by atoms with Crippen molar-refractivity contribution >= 4 is 22.6 Å². The molecule has 4 rings (SSSR count). The summed E-state index contributed by atoms with van der Waals surface area (Å²) in [6.07, 6.45) is 4.73. The first-order valence-electron chi connectivity index (χ1n) is 9.15. The van der Waals surface area contributed by atoms with E-state index in [1.807, 2.05) is 0 Å². The Labute approximate surface area is 170 Å². The molecule has 10 nitrogen and oxygen atoms in total. The number of hydrazine groups is 1. The number of carbonyl (C=O) groups excluding carboxylic acids is 2. The fourth-order valence-electron chi connectivity index (χ4n) is 2.92. The molecule has 0 aliphatic heterocycles. The molecule has 0 saturated heterocycles. The fraction of sp³-hybridized carbons (Fsp3) is 0.100. The van der Waals surface area contributed by atoms with Crippen LogP contribution in [0.5, 0.6) is 0 Å². The lowest BCUT2D eigenvalue weighted by atomic mass is 10.1. The largest absolute Gasteiger partial charge is 0.290 e. The van der Waals surface area contributed by atoms with Gasteiger partial charge in [-0.15, -0.1) is 0 Å². The molecule has 0 aliphatic carbocycles. The first-order valence-corrected chi connectivity index (χ1v) is 9.15. The van der Waals surface area contributed by atoms with Crippen molar-refractivity contribution in [1.82, 2.24) is 35.4 Å². The number of fused-ring (bicyclic) bond motifs is 1. The minimum atomic E-state index is -0.636. The molecule has 1 aromatic carbocycles. The van der Waals surface area contributed by atoms with Crippen LogP contribution in [-0.2, 0) is 6.54 Å². The van der Waals surface area contributed by atoms with Crippen LogP contribution in [0.1, 0.15) is 27.8 Å². The van der Waals surface area contributed by atoms with Gasteiger partial charge in [-0.3, -0.25) is 25.2 Å². The summed E-state index contributed by atoms with van der Waals surface area (Å²) in [6, 6.07) is 11.7. The summed E-state index contributed by atoms with van der Waals surface area (Å²) in [5, 5.41) is 8.98. The lowest BCUT2D eigenvalue weighted by Gasteiger charge is -2.11. The standard InChI is InChI=1S/C20H17N7O3/c1-2-26-20(30)15-7-4-3-6-14(15)17(25-26)19(29)24-23-18(28)13-8-9-16(21-12-13)27-11-5-10-22-27/h3-12H,2H2,1H3,(H,23,28)(H,24,29). The van der Waals surface area contributed by atoms with Crippen molar-refractivity contribution in [2.75, 3.05) is 0 Å². The van der Waals surface area contributed by atoms with Gasteiger partial charge in [-0.25, -0.2) is 14.3 Å². The van der Waals surface area contributed by atoms with Gasteiger partial charge < -0.3 is 0 Å². The number of pyridine rings is 1. The van der Waals surface area contributed by atoms with E-state index in [4.69, 9.17) is 0 Å². The Hall–Kier alpha value is -4.34. The molecular weight excluding hydrogens is 386 g/mol. The van der Waals surface area contributed by atoms with Crippen molar-refractivity contribution in [3.63, 3.8) is 0 Å². The molecule has 0 spiro atoms. The second-order valence-corrected chi connectivity index (χ2v) is 6.28. The van der Waals surface area contributed by atoms with Gasteiger partial charge in [-0.05, 0) is 31.2 Å². The SMILES string of the molecule is CCn1nc(C(=O)NNC(=O)c2ccc(-n3cccn3)nc2)c2ccccc2c1=O. The highest BCUT2D eigenvalue weighted by Gasteiger charge is 2.17. The molecule has 0 atom stereocenters. The molecule has 2 amide bonds. The Morgan fingerprint density at radius 2 is 1.77 bits per heavy atom. The Balaban J connectivity index is 1.52. The summed E-state index contributed by atoms with van der Waals surface area (Å²) >= 11 is 0. The number of nitrogens with zero attached hydrogens (tertiary/aromatic N) is 5. The predicted octanol–water partition coefficient (Wildman–Crippen LogP) is 1.07. The minimum absolute atomic E-state index is 0.0412. The van der Waals surface area contributed by atoms with Crippen LogP contribution in [0.3, 0.4) is 0 Å². The van der Waals surface area contributed by atoms with E-state index in [9.17, 15) is 14.4 Å². The number of nitrogens with one attached hydrogen (secondary N) is 2. The van der Waals surface area contributed by atoms with Gasteiger partial charge in [0, 0.05) is 30.5 Å². The van der Waals surface area contributed by atoms with E-state index in [0.717, 1.165) is 0 Å². The van der Waals surface area contributed by atoms with E-state index in [-0.39, 0.29) is 16.8 Å². The average molecular weight is 403 g/mol. The van der Waals surface area contributed by atoms with E-state index in [1.54, 1.807) is 66.5 Å². The van der Waals surface area contributed by atoms with Crippen molar-refractivity contribution in [1.29, 1.82) is 0 Å². The van der Waals surface area contributed by atoms with Gasteiger partial charge in [0.25, 0.3) is 17.4 Å². The van der Waals surface area contributed by atoms with Crippen LogP contribution in [0, 0.1) is 0 Å². The first-order chi connectivity index (χ1) is 14.6. The normalized spacial score (nSPS) is 10.7. The van der Waals surface area contributed by atoms with Gasteiger partial charge in [0.05, 0.1) is 10.9 Å². The van der Waals surface area contributed by atoms with Gasteiger partial charge in [0.15, 0.2) is 11.5 Å². The van der Waals surface area contributed by atoms with Crippen LogP contribution in [0.25, 0.3) is 16.6 Å². The molecule has 0 unspecified atom stereocenters. The fourth-order valence-corrected chi connectivity index (χ4v) is 2.92. The zero-order valence-electron chi connectivity index (χ0n) is 15.9. The number of aryl methyl sites for hydroxylation is 1. The summed E-state index contributed by atoms with van der Waals surface area (Å²) in [6.45, 7) is 2.07. The molecule has 4 aromatic rings. The van der Waals surface area contributed by atoms with Gasteiger partial charge in [0.1, 0.15) is 0 Å². The molecule has 0 radical (unpaired) electrons. The van der Waals surface area contributed by atoms with Crippen molar-refractivity contribution < 1.29 is 9.59 Å². The summed E-state index contributed by atoms with van der Waals surface area (Å²) in [5.74, 6) is -0.628. The number of aromatic nitrogens is 5. The molecule has 30 heavy (non-hydrogen) atoms. The van der Waals surface area contributed by atoms with Crippen molar-refractivity contribution in [2.24, 2.45) is 0 Å². The maximum absolute atomic E-state index is 12.7. The Morgan fingerprint density at radius 1 is 1.00 bits per heavy atom. The molecule has 2 N–H and O–H groups in total. The zero-order chi connectivity index (χ0) is 21.1. The molecule has 3 heterocycles. The smallest absolute Gasteiger partial charge is 0.267 e. The van der Waals surface area contributed by atoms with Gasteiger partial charge >= 0.3 is 0 Å². The summed E-state index contributed by atoms with van der Waals surface area (Å²) in [7, 11) is 0. The monoisotopic (exact) mass is 403 g/mol.